The lowest BCUT2D eigenvalue weighted by atomic mass is 10.1. The standard InChI is InChI=1S/C23H22N2O5S/c1-23(2,3)30-19(26)12-24-16-10-6-7-11-18(16)31-13-17(22(24)29)25-20(27)14-8-4-5-9-15(14)21(25)28/h4-11,17H,12-13H2,1-3H3. The quantitative estimate of drug-likeness (QED) is 0.541. The zero-order valence-electron chi connectivity index (χ0n) is 17.5. The number of benzene rings is 2. The number of rotatable bonds is 3. The van der Waals surface area contributed by atoms with Gasteiger partial charge in [0.05, 0.1) is 16.8 Å². The summed E-state index contributed by atoms with van der Waals surface area (Å²) in [5, 5.41) is 0. The lowest BCUT2D eigenvalue weighted by Gasteiger charge is -2.29. The minimum atomic E-state index is -1.03. The highest BCUT2D eigenvalue weighted by Crippen LogP contribution is 2.37. The Bertz CT molecular complexity index is 1060. The van der Waals surface area contributed by atoms with Gasteiger partial charge in [-0.3, -0.25) is 29.0 Å². The van der Waals surface area contributed by atoms with E-state index in [4.69, 9.17) is 4.74 Å². The van der Waals surface area contributed by atoms with Crippen LogP contribution in [0.2, 0.25) is 0 Å². The normalized spacial score (nSPS) is 18.5. The van der Waals surface area contributed by atoms with Gasteiger partial charge in [0.25, 0.3) is 17.7 Å². The van der Waals surface area contributed by atoms with Crippen LogP contribution >= 0.6 is 11.8 Å². The van der Waals surface area contributed by atoms with Gasteiger partial charge in [0.1, 0.15) is 18.2 Å². The molecule has 0 radical (unpaired) electrons. The number of anilines is 1. The molecule has 1 unspecified atom stereocenters. The molecule has 160 valence electrons. The maximum absolute atomic E-state index is 13.6. The summed E-state index contributed by atoms with van der Waals surface area (Å²) >= 11 is 1.37. The third kappa shape index (κ3) is 3.95. The molecule has 0 N–H and O–H groups in total. The average molecular weight is 439 g/mol. The van der Waals surface area contributed by atoms with Crippen molar-refractivity contribution in [2.24, 2.45) is 0 Å². The molecule has 31 heavy (non-hydrogen) atoms. The van der Waals surface area contributed by atoms with Crippen LogP contribution in [0.1, 0.15) is 41.5 Å². The van der Waals surface area contributed by atoms with Crippen molar-refractivity contribution >= 4 is 41.1 Å². The zero-order chi connectivity index (χ0) is 22.3. The molecule has 2 aromatic rings. The Labute approximate surface area is 184 Å². The number of imide groups is 1. The van der Waals surface area contributed by atoms with E-state index in [-0.39, 0.29) is 23.4 Å². The first-order chi connectivity index (χ1) is 14.7. The third-order valence-corrected chi connectivity index (χ3v) is 6.09. The maximum atomic E-state index is 13.6. The van der Waals surface area contributed by atoms with Crippen LogP contribution in [0.15, 0.2) is 53.4 Å². The van der Waals surface area contributed by atoms with Gasteiger partial charge in [0.2, 0.25) is 0 Å². The molecule has 0 spiro atoms. The average Bonchev–Trinajstić information content (AvgIpc) is 2.88. The second kappa shape index (κ2) is 7.85. The lowest BCUT2D eigenvalue weighted by molar-refractivity contribution is -0.153. The van der Waals surface area contributed by atoms with Gasteiger partial charge in [-0.1, -0.05) is 24.3 Å². The van der Waals surface area contributed by atoms with Crippen LogP contribution in [-0.2, 0) is 14.3 Å². The number of carbonyl (C=O) groups excluding carboxylic acids is 4. The van der Waals surface area contributed by atoms with Crippen LogP contribution < -0.4 is 4.90 Å². The first-order valence-corrected chi connectivity index (χ1v) is 10.9. The van der Waals surface area contributed by atoms with Crippen LogP contribution in [0.3, 0.4) is 0 Å². The van der Waals surface area contributed by atoms with E-state index in [9.17, 15) is 19.2 Å². The molecular weight excluding hydrogens is 416 g/mol. The molecule has 0 saturated heterocycles. The number of hydrogen-bond donors (Lipinski definition) is 0. The van der Waals surface area contributed by atoms with E-state index in [1.54, 1.807) is 57.2 Å². The van der Waals surface area contributed by atoms with Crippen LogP contribution in [-0.4, -0.2) is 52.5 Å². The first kappa shape index (κ1) is 21.1. The van der Waals surface area contributed by atoms with E-state index in [0.29, 0.717) is 5.69 Å². The van der Waals surface area contributed by atoms with E-state index in [1.165, 1.54) is 16.7 Å². The molecule has 0 fully saturated rings. The van der Waals surface area contributed by atoms with E-state index in [0.717, 1.165) is 9.80 Å². The summed E-state index contributed by atoms with van der Waals surface area (Å²) in [6, 6.07) is 12.7. The van der Waals surface area contributed by atoms with Gasteiger partial charge in [0, 0.05) is 10.6 Å². The van der Waals surface area contributed by atoms with Gasteiger partial charge in [-0.2, -0.15) is 0 Å². The Morgan fingerprint density at radius 2 is 1.58 bits per heavy atom. The summed E-state index contributed by atoms with van der Waals surface area (Å²) in [6.45, 7) is 4.94. The van der Waals surface area contributed by atoms with Gasteiger partial charge in [-0.15, -0.1) is 11.8 Å². The first-order valence-electron chi connectivity index (χ1n) is 9.89. The molecule has 0 aliphatic carbocycles. The summed E-state index contributed by atoms with van der Waals surface area (Å²) in [6.07, 6.45) is 0. The third-order valence-electron chi connectivity index (χ3n) is 4.95. The van der Waals surface area contributed by atoms with Crippen molar-refractivity contribution in [2.45, 2.75) is 37.3 Å². The van der Waals surface area contributed by atoms with Crippen molar-refractivity contribution in [3.63, 3.8) is 0 Å². The number of thioether (sulfide) groups is 1. The number of ether oxygens (including phenoxy) is 1. The molecule has 4 rings (SSSR count). The van der Waals surface area contributed by atoms with Gasteiger partial charge in [-0.05, 0) is 45.0 Å². The molecule has 2 aliphatic rings. The molecule has 0 bridgehead atoms. The van der Waals surface area contributed by atoms with E-state index < -0.39 is 35.3 Å². The van der Waals surface area contributed by atoms with Gasteiger partial charge in [0.15, 0.2) is 0 Å². The fraction of sp³-hybridized carbons (Fsp3) is 0.304. The lowest BCUT2D eigenvalue weighted by Crippen LogP contribution is -2.53. The predicted octanol–water partition coefficient (Wildman–Crippen LogP) is 3.13. The van der Waals surface area contributed by atoms with Gasteiger partial charge in [-0.25, -0.2) is 0 Å². The molecule has 2 heterocycles. The van der Waals surface area contributed by atoms with Crippen molar-refractivity contribution in [1.82, 2.24) is 4.90 Å². The second-order valence-electron chi connectivity index (χ2n) is 8.33. The largest absolute Gasteiger partial charge is 0.459 e. The Kier molecular flexibility index (Phi) is 5.35. The molecule has 0 saturated carbocycles. The molecule has 7 nitrogen and oxygen atoms in total. The van der Waals surface area contributed by atoms with Crippen LogP contribution in [0, 0.1) is 0 Å². The summed E-state index contributed by atoms with van der Waals surface area (Å²) < 4.78 is 5.41. The molecule has 0 aromatic heterocycles. The van der Waals surface area contributed by atoms with Crippen LogP contribution in [0.25, 0.3) is 0 Å². The Morgan fingerprint density at radius 3 is 2.19 bits per heavy atom. The van der Waals surface area contributed by atoms with E-state index in [2.05, 4.69) is 0 Å². The number of esters is 1. The maximum Gasteiger partial charge on any atom is 0.326 e. The Balaban J connectivity index is 1.69. The summed E-state index contributed by atoms with van der Waals surface area (Å²) in [5.74, 6) is -1.85. The van der Waals surface area contributed by atoms with Crippen molar-refractivity contribution < 1.29 is 23.9 Å². The van der Waals surface area contributed by atoms with Gasteiger partial charge >= 0.3 is 5.97 Å². The second-order valence-corrected chi connectivity index (χ2v) is 9.39. The number of amides is 3. The van der Waals surface area contributed by atoms with Crippen molar-refractivity contribution in [3.05, 3.63) is 59.7 Å². The molecule has 2 aliphatic heterocycles. The van der Waals surface area contributed by atoms with E-state index >= 15 is 0 Å². The minimum Gasteiger partial charge on any atom is -0.459 e. The fourth-order valence-electron chi connectivity index (χ4n) is 3.68. The minimum absolute atomic E-state index is 0.201. The van der Waals surface area contributed by atoms with Gasteiger partial charge < -0.3 is 4.74 Å². The zero-order valence-corrected chi connectivity index (χ0v) is 18.3. The molecule has 2 aromatic carbocycles. The highest BCUT2D eigenvalue weighted by molar-refractivity contribution is 7.99. The molecule has 3 amide bonds. The van der Waals surface area contributed by atoms with E-state index in [1.807, 2.05) is 12.1 Å². The highest BCUT2D eigenvalue weighted by Gasteiger charge is 2.45. The SMILES string of the molecule is CC(C)(C)OC(=O)CN1C(=O)C(N2C(=O)c3ccccc3C2=O)CSc2ccccc21. The van der Waals surface area contributed by atoms with Crippen molar-refractivity contribution in [2.75, 3.05) is 17.2 Å². The summed E-state index contributed by atoms with van der Waals surface area (Å²) in [4.78, 5) is 55.3. The number of hydrogen-bond acceptors (Lipinski definition) is 6. The number of carbonyl (C=O) groups is 4. The molecular formula is C23H22N2O5S. The fourth-order valence-corrected chi connectivity index (χ4v) is 4.81. The predicted molar refractivity (Wildman–Crippen MR) is 116 cm³/mol. The summed E-state index contributed by atoms with van der Waals surface area (Å²) in [5.41, 5.74) is 0.418. The number of para-hydroxylation sites is 1. The Morgan fingerprint density at radius 1 is 1.00 bits per heavy atom. The van der Waals surface area contributed by atoms with Crippen molar-refractivity contribution in [3.8, 4) is 0 Å². The monoisotopic (exact) mass is 438 g/mol. The smallest absolute Gasteiger partial charge is 0.326 e. The molecule has 1 atom stereocenters. The molecule has 8 heteroatoms. The topological polar surface area (TPSA) is 84.0 Å². The Hall–Kier alpha value is -3.13. The van der Waals surface area contributed by atoms with Crippen LogP contribution in [0.5, 0.6) is 0 Å². The highest BCUT2D eigenvalue weighted by atomic mass is 32.2. The van der Waals surface area contributed by atoms with Crippen molar-refractivity contribution in [1.29, 1.82) is 0 Å². The number of fused-ring (bicyclic) bond motifs is 2. The summed E-state index contributed by atoms with van der Waals surface area (Å²) in [7, 11) is 0. The number of nitrogens with zero attached hydrogens (tertiary/aromatic N) is 2. The van der Waals surface area contributed by atoms with Crippen LogP contribution in [0.4, 0.5) is 5.69 Å².